The van der Waals surface area contributed by atoms with Crippen LogP contribution in [0.2, 0.25) is 0 Å². The summed E-state index contributed by atoms with van der Waals surface area (Å²) in [6.07, 6.45) is -10.2. The minimum absolute atomic E-state index is 0.0718. The van der Waals surface area contributed by atoms with Crippen molar-refractivity contribution in [3.63, 3.8) is 0 Å². The molecule has 0 saturated heterocycles. The Kier molecular flexibility index (Phi) is 3.22. The lowest BCUT2D eigenvalue weighted by atomic mass is 9.98. The summed E-state index contributed by atoms with van der Waals surface area (Å²) in [6.45, 7) is 0.880. The summed E-state index contributed by atoms with van der Waals surface area (Å²) in [5.41, 5.74) is -4.67. The number of aryl methyl sites for hydroxylation is 1. The van der Waals surface area contributed by atoms with Gasteiger partial charge in [0.2, 0.25) is 0 Å². The van der Waals surface area contributed by atoms with Gasteiger partial charge in [-0.2, -0.15) is 26.3 Å². The Morgan fingerprint density at radius 1 is 1.00 bits per heavy atom. The van der Waals surface area contributed by atoms with Gasteiger partial charge in [-0.3, -0.25) is 4.79 Å². The van der Waals surface area contributed by atoms with E-state index < -0.39 is 34.6 Å². The highest BCUT2D eigenvalue weighted by Crippen LogP contribution is 2.42. The summed E-state index contributed by atoms with van der Waals surface area (Å²) in [5, 5.41) is 0. The smallest absolute Gasteiger partial charge is 0.298 e. The molecule has 1 nitrogen and oxygen atoms in total. The number of benzene rings is 1. The minimum atomic E-state index is -5.16. The fourth-order valence-electron chi connectivity index (χ4n) is 1.48. The van der Waals surface area contributed by atoms with Gasteiger partial charge in [-0.1, -0.05) is 0 Å². The maximum Gasteiger partial charge on any atom is 0.417 e. The van der Waals surface area contributed by atoms with Crippen molar-refractivity contribution >= 4 is 6.29 Å². The zero-order chi connectivity index (χ0) is 13.4. The van der Waals surface area contributed by atoms with Crippen molar-refractivity contribution in [3.8, 4) is 0 Å². The van der Waals surface area contributed by atoms with Gasteiger partial charge in [-0.25, -0.2) is 0 Å². The third kappa shape index (κ3) is 2.78. The van der Waals surface area contributed by atoms with Crippen LogP contribution in [-0.2, 0) is 12.4 Å². The standard InChI is InChI=1S/C10H6F6O/c1-5-2-6(4-17)3-7(9(11,12)13)8(5)10(14,15)16/h2-4H,1H3. The minimum Gasteiger partial charge on any atom is -0.298 e. The lowest BCUT2D eigenvalue weighted by molar-refractivity contribution is -0.162. The van der Waals surface area contributed by atoms with Crippen molar-refractivity contribution in [2.24, 2.45) is 0 Å². The van der Waals surface area contributed by atoms with Gasteiger partial charge in [0.15, 0.2) is 0 Å². The second-order valence-corrected chi connectivity index (χ2v) is 3.37. The summed E-state index contributed by atoms with van der Waals surface area (Å²) in [4.78, 5) is 10.4. The molecule has 0 heterocycles. The molecule has 0 atom stereocenters. The predicted octanol–water partition coefficient (Wildman–Crippen LogP) is 3.85. The number of hydrogen-bond donors (Lipinski definition) is 0. The molecule has 0 amide bonds. The molecule has 1 rings (SSSR count). The van der Waals surface area contributed by atoms with Crippen LogP contribution in [0.15, 0.2) is 12.1 Å². The number of halogens is 6. The van der Waals surface area contributed by atoms with E-state index in [1.807, 2.05) is 0 Å². The SMILES string of the molecule is Cc1cc(C=O)cc(C(F)(F)F)c1C(F)(F)F. The topological polar surface area (TPSA) is 17.1 Å². The quantitative estimate of drug-likeness (QED) is 0.551. The van der Waals surface area contributed by atoms with Crippen LogP contribution in [0.5, 0.6) is 0 Å². The molecular formula is C10H6F6O. The number of hydrogen-bond acceptors (Lipinski definition) is 1. The maximum atomic E-state index is 12.5. The number of aldehydes is 1. The van der Waals surface area contributed by atoms with Gasteiger partial charge in [-0.05, 0) is 24.6 Å². The number of carbonyl (C=O) groups excluding carboxylic acids is 1. The first-order valence-electron chi connectivity index (χ1n) is 4.31. The number of rotatable bonds is 1. The molecule has 0 N–H and O–H groups in total. The third-order valence-electron chi connectivity index (χ3n) is 2.08. The van der Waals surface area contributed by atoms with Crippen molar-refractivity contribution < 1.29 is 31.1 Å². The predicted molar refractivity (Wildman–Crippen MR) is 46.6 cm³/mol. The van der Waals surface area contributed by atoms with Gasteiger partial charge in [-0.15, -0.1) is 0 Å². The van der Waals surface area contributed by atoms with Crippen LogP contribution in [0.3, 0.4) is 0 Å². The van der Waals surface area contributed by atoms with Crippen molar-refractivity contribution in [2.75, 3.05) is 0 Å². The molecule has 0 radical (unpaired) electrons. The van der Waals surface area contributed by atoms with Crippen LogP contribution < -0.4 is 0 Å². The first-order chi connectivity index (χ1) is 7.57. The molecule has 7 heteroatoms. The van der Waals surface area contributed by atoms with E-state index in [0.717, 1.165) is 13.0 Å². The Bertz CT molecular complexity index is 443. The largest absolute Gasteiger partial charge is 0.417 e. The van der Waals surface area contributed by atoms with Crippen molar-refractivity contribution in [3.05, 3.63) is 34.4 Å². The molecule has 0 aromatic heterocycles. The van der Waals surface area contributed by atoms with Crippen LogP contribution in [0.25, 0.3) is 0 Å². The summed E-state index contributed by atoms with van der Waals surface area (Å²) < 4.78 is 74.8. The van der Waals surface area contributed by atoms with E-state index in [1.54, 1.807) is 0 Å². The lowest BCUT2D eigenvalue weighted by Crippen LogP contribution is -2.18. The Hall–Kier alpha value is -1.53. The fraction of sp³-hybridized carbons (Fsp3) is 0.300. The Labute approximate surface area is 92.0 Å². The molecule has 94 valence electrons. The van der Waals surface area contributed by atoms with Gasteiger partial charge in [0.05, 0.1) is 11.1 Å². The summed E-state index contributed by atoms with van der Waals surface area (Å²) in [5.74, 6) is 0. The number of alkyl halides is 6. The van der Waals surface area contributed by atoms with E-state index in [-0.39, 0.29) is 12.4 Å². The Balaban J connectivity index is 3.63. The van der Waals surface area contributed by atoms with Gasteiger partial charge < -0.3 is 0 Å². The lowest BCUT2D eigenvalue weighted by Gasteiger charge is -2.18. The molecule has 0 spiro atoms. The maximum absolute atomic E-state index is 12.5. The van der Waals surface area contributed by atoms with E-state index >= 15 is 0 Å². The van der Waals surface area contributed by atoms with Crippen LogP contribution in [-0.4, -0.2) is 6.29 Å². The molecule has 0 unspecified atom stereocenters. The summed E-state index contributed by atoms with van der Waals surface area (Å²) >= 11 is 0. The fourth-order valence-corrected chi connectivity index (χ4v) is 1.48. The van der Waals surface area contributed by atoms with Crippen molar-refractivity contribution in [1.29, 1.82) is 0 Å². The monoisotopic (exact) mass is 256 g/mol. The average Bonchev–Trinajstić information content (AvgIpc) is 2.12. The van der Waals surface area contributed by atoms with E-state index in [4.69, 9.17) is 0 Å². The molecule has 1 aromatic rings. The highest BCUT2D eigenvalue weighted by atomic mass is 19.4. The highest BCUT2D eigenvalue weighted by Gasteiger charge is 2.44. The Morgan fingerprint density at radius 3 is 1.88 bits per heavy atom. The van der Waals surface area contributed by atoms with Gasteiger partial charge in [0, 0.05) is 5.56 Å². The highest BCUT2D eigenvalue weighted by molar-refractivity contribution is 5.76. The van der Waals surface area contributed by atoms with Crippen LogP contribution in [0, 0.1) is 6.92 Å². The zero-order valence-electron chi connectivity index (χ0n) is 8.41. The van der Waals surface area contributed by atoms with Crippen LogP contribution in [0.4, 0.5) is 26.3 Å². The van der Waals surface area contributed by atoms with Crippen molar-refractivity contribution in [1.82, 2.24) is 0 Å². The molecule has 0 fully saturated rings. The zero-order valence-corrected chi connectivity index (χ0v) is 8.41. The molecule has 1 aromatic carbocycles. The average molecular weight is 256 g/mol. The molecular weight excluding hydrogens is 250 g/mol. The number of carbonyl (C=O) groups is 1. The summed E-state index contributed by atoms with van der Waals surface area (Å²) in [7, 11) is 0. The van der Waals surface area contributed by atoms with Crippen molar-refractivity contribution in [2.45, 2.75) is 19.3 Å². The third-order valence-corrected chi connectivity index (χ3v) is 2.08. The van der Waals surface area contributed by atoms with E-state index in [1.165, 1.54) is 0 Å². The molecule has 0 aliphatic carbocycles. The van der Waals surface area contributed by atoms with Gasteiger partial charge >= 0.3 is 12.4 Å². The van der Waals surface area contributed by atoms with E-state index in [9.17, 15) is 31.1 Å². The normalized spacial score (nSPS) is 12.6. The molecule has 0 bridgehead atoms. The second kappa shape index (κ2) is 4.05. The first kappa shape index (κ1) is 13.5. The van der Waals surface area contributed by atoms with Crippen LogP contribution >= 0.6 is 0 Å². The van der Waals surface area contributed by atoms with Gasteiger partial charge in [0.1, 0.15) is 6.29 Å². The van der Waals surface area contributed by atoms with E-state index in [2.05, 4.69) is 0 Å². The second-order valence-electron chi connectivity index (χ2n) is 3.37. The molecule has 0 saturated carbocycles. The molecule has 0 aliphatic heterocycles. The van der Waals surface area contributed by atoms with E-state index in [0.29, 0.717) is 0 Å². The Morgan fingerprint density at radius 2 is 1.53 bits per heavy atom. The first-order valence-corrected chi connectivity index (χ1v) is 4.31. The molecule has 17 heavy (non-hydrogen) atoms. The molecule has 0 aliphatic rings. The summed E-state index contributed by atoms with van der Waals surface area (Å²) in [6, 6.07) is 0.966. The van der Waals surface area contributed by atoms with Gasteiger partial charge in [0.25, 0.3) is 0 Å². The van der Waals surface area contributed by atoms with Crippen LogP contribution in [0.1, 0.15) is 27.0 Å².